The summed E-state index contributed by atoms with van der Waals surface area (Å²) in [5.41, 5.74) is 3.85. The molecule has 2 N–H and O–H groups in total. The lowest BCUT2D eigenvalue weighted by Gasteiger charge is -2.36. The highest BCUT2D eigenvalue weighted by Gasteiger charge is 2.50. The second-order valence-electron chi connectivity index (χ2n) is 8.70. The molecule has 1 saturated heterocycles. The van der Waals surface area contributed by atoms with Crippen molar-refractivity contribution in [3.8, 4) is 5.69 Å². The van der Waals surface area contributed by atoms with Crippen LogP contribution in [0, 0.1) is 6.92 Å². The lowest BCUT2D eigenvalue weighted by Crippen LogP contribution is -2.43. The summed E-state index contributed by atoms with van der Waals surface area (Å²) in [6.45, 7) is 4.33. The van der Waals surface area contributed by atoms with E-state index in [-0.39, 0.29) is 28.5 Å². The molecule has 1 spiro atoms. The molecule has 0 bridgehead atoms. The Labute approximate surface area is 187 Å². The molecule has 2 fully saturated rings. The van der Waals surface area contributed by atoms with E-state index in [0.717, 1.165) is 35.5 Å². The van der Waals surface area contributed by atoms with Gasteiger partial charge in [-0.1, -0.05) is 19.1 Å². The second-order valence-corrected chi connectivity index (χ2v) is 10.3. The van der Waals surface area contributed by atoms with Crippen molar-refractivity contribution in [2.45, 2.75) is 55.8 Å². The summed E-state index contributed by atoms with van der Waals surface area (Å²) in [6, 6.07) is 8.25. The maximum Gasteiger partial charge on any atom is 0.238 e. The molecule has 2 atom stereocenters. The van der Waals surface area contributed by atoms with Gasteiger partial charge in [0, 0.05) is 23.4 Å². The number of primary sulfonamides is 1. The number of aromatic nitrogens is 1. The zero-order chi connectivity index (χ0) is 22.7. The first-order valence-corrected chi connectivity index (χ1v) is 12.3. The SMILES string of the molecule is CCC(=O)c1cc(C2=CC3OCC4(CC4)OC3C=C2)n(-c2ccc(S(N)(=O)=O)cc2)c1C. The molecule has 1 saturated carbocycles. The molecule has 2 heterocycles. The van der Waals surface area contributed by atoms with Crippen LogP contribution in [0.2, 0.25) is 0 Å². The monoisotopic (exact) mass is 454 g/mol. The summed E-state index contributed by atoms with van der Waals surface area (Å²) in [7, 11) is -3.79. The number of ether oxygens (including phenoxy) is 2. The Morgan fingerprint density at radius 1 is 1.22 bits per heavy atom. The molecule has 168 valence electrons. The number of Topliss-reactive ketones (excluding diaryl/α,β-unsaturated/α-hetero) is 1. The van der Waals surface area contributed by atoms with E-state index < -0.39 is 10.0 Å². The number of sulfonamides is 1. The molecule has 7 nitrogen and oxygen atoms in total. The Hall–Kier alpha value is -2.52. The van der Waals surface area contributed by atoms with Gasteiger partial charge in [0.2, 0.25) is 10.0 Å². The van der Waals surface area contributed by atoms with Gasteiger partial charge in [0.05, 0.1) is 22.8 Å². The molecule has 5 rings (SSSR count). The third-order valence-electron chi connectivity index (χ3n) is 6.45. The van der Waals surface area contributed by atoms with Gasteiger partial charge in [-0.05, 0) is 61.7 Å². The van der Waals surface area contributed by atoms with Crippen LogP contribution >= 0.6 is 0 Å². The molecule has 1 aliphatic heterocycles. The van der Waals surface area contributed by atoms with Crippen LogP contribution in [-0.2, 0) is 19.5 Å². The topological polar surface area (TPSA) is 101 Å². The Bertz CT molecular complexity index is 1250. The van der Waals surface area contributed by atoms with Gasteiger partial charge in [-0.15, -0.1) is 0 Å². The number of carbonyl (C=O) groups excluding carboxylic acids is 1. The molecule has 32 heavy (non-hydrogen) atoms. The highest BCUT2D eigenvalue weighted by molar-refractivity contribution is 7.89. The number of rotatable bonds is 5. The third kappa shape index (κ3) is 3.67. The molecule has 0 radical (unpaired) electrons. The largest absolute Gasteiger partial charge is 0.368 e. The predicted octanol–water partition coefficient (Wildman–Crippen LogP) is 3.30. The van der Waals surface area contributed by atoms with E-state index in [2.05, 4.69) is 0 Å². The Balaban J connectivity index is 1.57. The van der Waals surface area contributed by atoms with E-state index in [4.69, 9.17) is 14.6 Å². The lowest BCUT2D eigenvalue weighted by atomic mass is 9.98. The molecular formula is C24H26N2O5S. The summed E-state index contributed by atoms with van der Waals surface area (Å²) in [4.78, 5) is 12.7. The number of ketones is 1. The number of fused-ring (bicyclic) bond motifs is 1. The van der Waals surface area contributed by atoms with E-state index in [9.17, 15) is 13.2 Å². The zero-order valence-corrected chi connectivity index (χ0v) is 18.9. The lowest BCUT2D eigenvalue weighted by molar-refractivity contribution is -0.161. The average Bonchev–Trinajstić information content (AvgIpc) is 3.43. The average molecular weight is 455 g/mol. The van der Waals surface area contributed by atoms with Crippen LogP contribution in [0.25, 0.3) is 11.3 Å². The molecule has 1 aromatic carbocycles. The van der Waals surface area contributed by atoms with Crippen molar-refractivity contribution in [1.82, 2.24) is 4.57 Å². The molecule has 2 unspecified atom stereocenters. The van der Waals surface area contributed by atoms with Gasteiger partial charge >= 0.3 is 0 Å². The first-order chi connectivity index (χ1) is 15.2. The molecule has 2 aliphatic carbocycles. The van der Waals surface area contributed by atoms with Crippen LogP contribution in [0.3, 0.4) is 0 Å². The molecule has 2 aromatic rings. The van der Waals surface area contributed by atoms with Crippen LogP contribution in [-0.4, -0.2) is 43.2 Å². The van der Waals surface area contributed by atoms with Crippen molar-refractivity contribution in [1.29, 1.82) is 0 Å². The van der Waals surface area contributed by atoms with Gasteiger partial charge < -0.3 is 14.0 Å². The highest BCUT2D eigenvalue weighted by Crippen LogP contribution is 2.45. The molecule has 0 amide bonds. The summed E-state index contributed by atoms with van der Waals surface area (Å²) < 4.78 is 37.6. The fourth-order valence-corrected chi connectivity index (χ4v) is 4.95. The minimum Gasteiger partial charge on any atom is -0.368 e. The maximum atomic E-state index is 12.6. The fourth-order valence-electron chi connectivity index (χ4n) is 4.44. The summed E-state index contributed by atoms with van der Waals surface area (Å²) >= 11 is 0. The van der Waals surface area contributed by atoms with Gasteiger partial charge in [0.1, 0.15) is 12.2 Å². The Morgan fingerprint density at radius 3 is 2.56 bits per heavy atom. The van der Waals surface area contributed by atoms with Crippen molar-refractivity contribution < 1.29 is 22.7 Å². The normalized spacial score (nSPS) is 23.7. The molecule has 8 heteroatoms. The number of allylic oxidation sites excluding steroid dienone is 2. The second kappa shape index (κ2) is 7.52. The van der Waals surface area contributed by atoms with Crippen LogP contribution < -0.4 is 5.14 Å². The van der Waals surface area contributed by atoms with Crippen molar-refractivity contribution in [3.63, 3.8) is 0 Å². The number of nitrogens with zero attached hydrogens (tertiary/aromatic N) is 1. The summed E-state index contributed by atoms with van der Waals surface area (Å²) in [5, 5.41) is 5.25. The third-order valence-corrected chi connectivity index (χ3v) is 7.38. The standard InChI is InChI=1S/C24H26N2O5S/c1-3-21(27)19-13-20(16-4-9-22-23(12-16)30-14-24(31-22)10-11-24)26(15(19)2)17-5-7-18(8-6-17)32(25,28)29/h4-9,12-13,22-23H,3,10-11,14H2,1-2H3,(H2,25,28,29). The number of nitrogens with two attached hydrogens (primary N) is 1. The van der Waals surface area contributed by atoms with Gasteiger partial charge in [-0.25, -0.2) is 13.6 Å². The predicted molar refractivity (Wildman–Crippen MR) is 120 cm³/mol. The van der Waals surface area contributed by atoms with Crippen molar-refractivity contribution in [3.05, 3.63) is 65.5 Å². The minimum atomic E-state index is -3.79. The summed E-state index contributed by atoms with van der Waals surface area (Å²) in [6.07, 6.45) is 8.27. The number of hydrogen-bond acceptors (Lipinski definition) is 5. The van der Waals surface area contributed by atoms with Gasteiger partial charge in [-0.2, -0.15) is 0 Å². The molecule has 3 aliphatic rings. The van der Waals surface area contributed by atoms with Crippen LogP contribution in [0.15, 0.2) is 53.5 Å². The maximum absolute atomic E-state index is 12.6. The van der Waals surface area contributed by atoms with Crippen LogP contribution in [0.4, 0.5) is 0 Å². The quantitative estimate of drug-likeness (QED) is 0.699. The molecular weight excluding hydrogens is 428 g/mol. The van der Waals surface area contributed by atoms with E-state index in [1.54, 1.807) is 12.1 Å². The van der Waals surface area contributed by atoms with E-state index >= 15 is 0 Å². The van der Waals surface area contributed by atoms with Crippen LogP contribution in [0.5, 0.6) is 0 Å². The summed E-state index contributed by atoms with van der Waals surface area (Å²) in [5.74, 6) is 0.0508. The first-order valence-electron chi connectivity index (χ1n) is 10.8. The Morgan fingerprint density at radius 2 is 1.94 bits per heavy atom. The van der Waals surface area contributed by atoms with E-state index in [0.29, 0.717) is 18.6 Å². The highest BCUT2D eigenvalue weighted by atomic mass is 32.2. The van der Waals surface area contributed by atoms with Crippen molar-refractivity contribution in [2.24, 2.45) is 5.14 Å². The van der Waals surface area contributed by atoms with E-state index in [1.807, 2.05) is 42.7 Å². The fraction of sp³-hybridized carbons (Fsp3) is 0.375. The van der Waals surface area contributed by atoms with Crippen molar-refractivity contribution >= 4 is 21.4 Å². The number of carbonyl (C=O) groups is 1. The first kappa shape index (κ1) is 21.3. The number of benzene rings is 1. The Kier molecular flexibility index (Phi) is 5.01. The number of hydrogen-bond donors (Lipinski definition) is 1. The van der Waals surface area contributed by atoms with Gasteiger partial charge in [0.25, 0.3) is 0 Å². The van der Waals surface area contributed by atoms with Gasteiger partial charge in [0.15, 0.2) is 5.78 Å². The zero-order valence-electron chi connectivity index (χ0n) is 18.1. The smallest absolute Gasteiger partial charge is 0.238 e. The van der Waals surface area contributed by atoms with Crippen LogP contribution in [0.1, 0.15) is 47.9 Å². The molecule has 1 aromatic heterocycles. The van der Waals surface area contributed by atoms with E-state index in [1.165, 1.54) is 12.1 Å². The van der Waals surface area contributed by atoms with Crippen molar-refractivity contribution in [2.75, 3.05) is 6.61 Å². The minimum absolute atomic E-state index is 0.0406. The van der Waals surface area contributed by atoms with Gasteiger partial charge in [-0.3, -0.25) is 4.79 Å².